The van der Waals surface area contributed by atoms with Crippen molar-refractivity contribution < 1.29 is 29.0 Å². The number of fused-ring (bicyclic) bond motifs is 1. The number of anilines is 2. The standard InChI is InChI=1S/C18H16N2O6/c1-10(21)12-6-15-16(26-9-25-15)7-14(12)19-8-17(22)20-13-5-3-2-4-11(13)18(23)24/h2-7,19H,8-9H2,1H3,(H,20,22)(H,23,24). The van der Waals surface area contributed by atoms with Crippen LogP contribution in [0.3, 0.4) is 0 Å². The monoisotopic (exact) mass is 356 g/mol. The fourth-order valence-electron chi connectivity index (χ4n) is 2.53. The number of carboxylic acid groups (broad SMARTS) is 1. The van der Waals surface area contributed by atoms with Crippen molar-refractivity contribution in [3.8, 4) is 11.5 Å². The predicted molar refractivity (Wildman–Crippen MR) is 93.1 cm³/mol. The molecule has 3 N–H and O–H groups in total. The lowest BCUT2D eigenvalue weighted by Crippen LogP contribution is -2.23. The van der Waals surface area contributed by atoms with Crippen molar-refractivity contribution in [3.63, 3.8) is 0 Å². The molecule has 1 amide bonds. The molecule has 1 aliphatic heterocycles. The van der Waals surface area contributed by atoms with Gasteiger partial charge in [-0.3, -0.25) is 9.59 Å². The molecule has 0 bridgehead atoms. The van der Waals surface area contributed by atoms with Crippen LogP contribution in [0.25, 0.3) is 0 Å². The van der Waals surface area contributed by atoms with Crippen molar-refractivity contribution in [2.24, 2.45) is 0 Å². The van der Waals surface area contributed by atoms with Crippen molar-refractivity contribution in [3.05, 3.63) is 47.5 Å². The molecule has 0 unspecified atom stereocenters. The summed E-state index contributed by atoms with van der Waals surface area (Å²) in [4.78, 5) is 35.2. The molecule has 134 valence electrons. The van der Waals surface area contributed by atoms with Crippen LogP contribution >= 0.6 is 0 Å². The molecule has 0 saturated heterocycles. The maximum Gasteiger partial charge on any atom is 0.337 e. The van der Waals surface area contributed by atoms with E-state index in [-0.39, 0.29) is 30.4 Å². The fourth-order valence-corrected chi connectivity index (χ4v) is 2.53. The first-order valence-corrected chi connectivity index (χ1v) is 7.76. The zero-order valence-electron chi connectivity index (χ0n) is 13.9. The molecule has 8 nitrogen and oxygen atoms in total. The zero-order chi connectivity index (χ0) is 18.7. The van der Waals surface area contributed by atoms with E-state index in [1.807, 2.05) is 0 Å². The van der Waals surface area contributed by atoms with Crippen molar-refractivity contribution >= 4 is 29.0 Å². The molecule has 1 heterocycles. The van der Waals surface area contributed by atoms with Gasteiger partial charge >= 0.3 is 5.97 Å². The predicted octanol–water partition coefficient (Wildman–Crippen LogP) is 2.37. The van der Waals surface area contributed by atoms with E-state index < -0.39 is 11.9 Å². The summed E-state index contributed by atoms with van der Waals surface area (Å²) in [5.74, 6) is -0.827. The smallest absolute Gasteiger partial charge is 0.337 e. The van der Waals surface area contributed by atoms with Gasteiger partial charge in [-0.2, -0.15) is 0 Å². The minimum Gasteiger partial charge on any atom is -0.478 e. The number of carboxylic acids is 1. The largest absolute Gasteiger partial charge is 0.478 e. The number of hydrogen-bond acceptors (Lipinski definition) is 6. The SMILES string of the molecule is CC(=O)c1cc2c(cc1NCC(=O)Nc1ccccc1C(=O)O)OCO2. The third kappa shape index (κ3) is 3.59. The van der Waals surface area contributed by atoms with Crippen LogP contribution in [0.15, 0.2) is 36.4 Å². The Labute approximate surface area is 148 Å². The van der Waals surface area contributed by atoms with Crippen LogP contribution in [0.1, 0.15) is 27.6 Å². The number of para-hydroxylation sites is 1. The molecule has 1 aliphatic rings. The highest BCUT2D eigenvalue weighted by atomic mass is 16.7. The lowest BCUT2D eigenvalue weighted by Gasteiger charge is -2.12. The van der Waals surface area contributed by atoms with Crippen LogP contribution in [0.2, 0.25) is 0 Å². The van der Waals surface area contributed by atoms with E-state index in [2.05, 4.69) is 10.6 Å². The highest BCUT2D eigenvalue weighted by molar-refractivity contribution is 6.03. The Morgan fingerprint density at radius 3 is 2.42 bits per heavy atom. The quantitative estimate of drug-likeness (QED) is 0.681. The molecular formula is C18H16N2O6. The molecule has 0 aromatic heterocycles. The first-order valence-electron chi connectivity index (χ1n) is 7.76. The van der Waals surface area contributed by atoms with E-state index >= 15 is 0 Å². The summed E-state index contributed by atoms with van der Waals surface area (Å²) in [5.41, 5.74) is 0.994. The molecule has 0 saturated carbocycles. The maximum absolute atomic E-state index is 12.2. The molecule has 0 atom stereocenters. The van der Waals surface area contributed by atoms with Gasteiger partial charge in [-0.05, 0) is 25.1 Å². The zero-order valence-corrected chi connectivity index (χ0v) is 13.9. The van der Waals surface area contributed by atoms with Gasteiger partial charge in [0.2, 0.25) is 12.7 Å². The van der Waals surface area contributed by atoms with Gasteiger partial charge in [-0.25, -0.2) is 4.79 Å². The van der Waals surface area contributed by atoms with Crippen LogP contribution in [-0.4, -0.2) is 36.1 Å². The molecule has 8 heteroatoms. The average Bonchev–Trinajstić information content (AvgIpc) is 3.06. The van der Waals surface area contributed by atoms with Gasteiger partial charge in [0.1, 0.15) is 0 Å². The third-order valence-corrected chi connectivity index (χ3v) is 3.76. The molecule has 0 radical (unpaired) electrons. The molecular weight excluding hydrogens is 340 g/mol. The molecule has 3 rings (SSSR count). The number of ketones is 1. The number of aromatic carboxylic acids is 1. The number of amides is 1. The second-order valence-corrected chi connectivity index (χ2v) is 5.56. The molecule has 26 heavy (non-hydrogen) atoms. The van der Waals surface area contributed by atoms with Gasteiger partial charge in [-0.1, -0.05) is 12.1 Å². The van der Waals surface area contributed by atoms with E-state index in [0.29, 0.717) is 22.7 Å². The first-order chi connectivity index (χ1) is 12.5. The van der Waals surface area contributed by atoms with Crippen molar-refractivity contribution in [2.75, 3.05) is 24.0 Å². The summed E-state index contributed by atoms with van der Waals surface area (Å²) in [6, 6.07) is 9.26. The summed E-state index contributed by atoms with van der Waals surface area (Å²) >= 11 is 0. The van der Waals surface area contributed by atoms with Gasteiger partial charge in [0.05, 0.1) is 17.8 Å². The van der Waals surface area contributed by atoms with Gasteiger partial charge in [0.25, 0.3) is 0 Å². The summed E-state index contributed by atoms with van der Waals surface area (Å²) in [6.07, 6.45) is 0. The van der Waals surface area contributed by atoms with Crippen molar-refractivity contribution in [2.45, 2.75) is 6.92 Å². The lowest BCUT2D eigenvalue weighted by atomic mass is 10.1. The third-order valence-electron chi connectivity index (χ3n) is 3.76. The average molecular weight is 356 g/mol. The van der Waals surface area contributed by atoms with Gasteiger partial charge in [0.15, 0.2) is 17.3 Å². The first kappa shape index (κ1) is 17.3. The van der Waals surface area contributed by atoms with Crippen LogP contribution in [0.4, 0.5) is 11.4 Å². The van der Waals surface area contributed by atoms with Crippen LogP contribution in [0.5, 0.6) is 11.5 Å². The number of ether oxygens (including phenoxy) is 2. The van der Waals surface area contributed by atoms with Crippen molar-refractivity contribution in [1.82, 2.24) is 0 Å². The molecule has 0 aliphatic carbocycles. The minimum absolute atomic E-state index is 0.00615. The number of Topliss-reactive ketones (excluding diaryl/α,β-unsaturated/α-hetero) is 1. The Kier molecular flexibility index (Phi) is 4.74. The Bertz CT molecular complexity index is 893. The summed E-state index contributed by atoms with van der Waals surface area (Å²) in [5, 5.41) is 14.6. The minimum atomic E-state index is -1.14. The van der Waals surface area contributed by atoms with Gasteiger partial charge in [-0.15, -0.1) is 0 Å². The summed E-state index contributed by atoms with van der Waals surface area (Å²) in [7, 11) is 0. The van der Waals surface area contributed by atoms with E-state index in [1.54, 1.807) is 24.3 Å². The van der Waals surface area contributed by atoms with Crippen molar-refractivity contribution in [1.29, 1.82) is 0 Å². The normalized spacial score (nSPS) is 11.7. The Morgan fingerprint density at radius 2 is 1.73 bits per heavy atom. The number of nitrogens with one attached hydrogen (secondary N) is 2. The van der Waals surface area contributed by atoms with E-state index in [1.165, 1.54) is 19.1 Å². The number of carbonyl (C=O) groups excluding carboxylic acids is 2. The lowest BCUT2D eigenvalue weighted by molar-refractivity contribution is -0.114. The molecule has 2 aromatic rings. The van der Waals surface area contributed by atoms with E-state index in [9.17, 15) is 14.4 Å². The highest BCUT2D eigenvalue weighted by Crippen LogP contribution is 2.37. The second-order valence-electron chi connectivity index (χ2n) is 5.56. The number of carbonyl (C=O) groups is 3. The number of rotatable bonds is 6. The van der Waals surface area contributed by atoms with Crippen LogP contribution in [0, 0.1) is 0 Å². The van der Waals surface area contributed by atoms with E-state index in [4.69, 9.17) is 14.6 Å². The van der Waals surface area contributed by atoms with E-state index in [0.717, 1.165) is 0 Å². The maximum atomic E-state index is 12.2. The number of hydrogen-bond donors (Lipinski definition) is 3. The van der Waals surface area contributed by atoms with Gasteiger partial charge in [0, 0.05) is 17.3 Å². The molecule has 2 aromatic carbocycles. The van der Waals surface area contributed by atoms with Gasteiger partial charge < -0.3 is 25.2 Å². The molecule has 0 spiro atoms. The summed E-state index contributed by atoms with van der Waals surface area (Å²) < 4.78 is 10.5. The highest BCUT2D eigenvalue weighted by Gasteiger charge is 2.20. The Morgan fingerprint density at radius 1 is 1.04 bits per heavy atom. The molecule has 0 fully saturated rings. The fraction of sp³-hybridized carbons (Fsp3) is 0.167. The second kappa shape index (κ2) is 7.14. The van der Waals surface area contributed by atoms with Crippen LogP contribution in [-0.2, 0) is 4.79 Å². The Balaban J connectivity index is 1.72. The van der Waals surface area contributed by atoms with Crippen LogP contribution < -0.4 is 20.1 Å². The summed E-state index contributed by atoms with van der Waals surface area (Å²) in [6.45, 7) is 1.32. The Hall–Kier alpha value is -3.55. The number of benzene rings is 2. The topological polar surface area (TPSA) is 114 Å².